The van der Waals surface area contributed by atoms with Gasteiger partial charge in [0.05, 0.1) is 0 Å². The summed E-state index contributed by atoms with van der Waals surface area (Å²) in [6.45, 7) is 0. The van der Waals surface area contributed by atoms with Crippen molar-refractivity contribution in [2.75, 3.05) is 5.32 Å². The van der Waals surface area contributed by atoms with Gasteiger partial charge in [0, 0.05) is 17.1 Å². The molecule has 1 N–H and O–H groups in total. The molecule has 0 fully saturated rings. The molecule has 0 aliphatic carbocycles. The second-order valence-corrected chi connectivity index (χ2v) is 3.38. The van der Waals surface area contributed by atoms with Gasteiger partial charge in [0.1, 0.15) is 0 Å². The number of ether oxygens (including phenoxy) is 1. The van der Waals surface area contributed by atoms with E-state index in [1.165, 1.54) is 11.5 Å². The van der Waals surface area contributed by atoms with Gasteiger partial charge in [0.2, 0.25) is 5.88 Å². The topological polar surface area (TPSA) is 51.2 Å². The monoisotopic (exact) mass is 220 g/mol. The number of rotatable bonds is 2. The van der Waals surface area contributed by atoms with Crippen LogP contribution in [0, 0.1) is 0 Å². The third-order valence-electron chi connectivity index (χ3n) is 1.63. The van der Waals surface area contributed by atoms with Crippen molar-refractivity contribution in [2.45, 2.75) is 0 Å². The summed E-state index contributed by atoms with van der Waals surface area (Å²) in [7, 11) is 0. The van der Waals surface area contributed by atoms with Crippen LogP contribution in [0.15, 0.2) is 41.8 Å². The van der Waals surface area contributed by atoms with Gasteiger partial charge < -0.3 is 4.74 Å². The molecule has 1 aromatic heterocycles. The molecule has 15 heavy (non-hydrogen) atoms. The van der Waals surface area contributed by atoms with Gasteiger partial charge in [-0.15, -0.1) is 0 Å². The number of nitrogens with zero attached hydrogens (tertiary/aromatic N) is 1. The molecule has 4 nitrogen and oxygen atoms in total. The lowest BCUT2D eigenvalue weighted by molar-refractivity contribution is 0.214. The minimum Gasteiger partial charge on any atom is -0.390 e. The molecule has 0 spiro atoms. The molecule has 0 saturated carbocycles. The molecule has 0 unspecified atom stereocenters. The first-order chi connectivity index (χ1) is 7.34. The van der Waals surface area contributed by atoms with E-state index in [1.54, 1.807) is 23.6 Å². The van der Waals surface area contributed by atoms with E-state index in [0.29, 0.717) is 11.6 Å². The smallest absolute Gasteiger partial charge is 0.390 e. The molecule has 0 radical (unpaired) electrons. The predicted molar refractivity (Wildman–Crippen MR) is 58.2 cm³/mol. The summed E-state index contributed by atoms with van der Waals surface area (Å²) in [5.74, 6) is 0.313. The number of nitrogens with one attached hydrogen (secondary N) is 1. The van der Waals surface area contributed by atoms with Crippen molar-refractivity contribution in [1.82, 2.24) is 4.37 Å². The maximum absolute atomic E-state index is 11.3. The summed E-state index contributed by atoms with van der Waals surface area (Å²) in [5, 5.41) is 4.32. The quantitative estimate of drug-likeness (QED) is 0.846. The molecule has 0 saturated heterocycles. The van der Waals surface area contributed by atoms with Crippen LogP contribution in [-0.2, 0) is 0 Å². The first-order valence-electron chi connectivity index (χ1n) is 4.29. The van der Waals surface area contributed by atoms with Crippen molar-refractivity contribution in [3.8, 4) is 5.88 Å². The summed E-state index contributed by atoms with van der Waals surface area (Å²) in [6, 6.07) is 10.7. The van der Waals surface area contributed by atoms with E-state index in [0.717, 1.165) is 0 Å². The number of anilines is 1. The summed E-state index contributed by atoms with van der Waals surface area (Å²) < 4.78 is 8.76. The van der Waals surface area contributed by atoms with Gasteiger partial charge in [0.25, 0.3) is 0 Å². The van der Waals surface area contributed by atoms with Gasteiger partial charge in [-0.2, -0.15) is 4.37 Å². The largest absolute Gasteiger partial charge is 0.418 e. The zero-order valence-corrected chi connectivity index (χ0v) is 8.53. The fraction of sp³-hybridized carbons (Fsp3) is 0. The van der Waals surface area contributed by atoms with E-state index in [-0.39, 0.29) is 0 Å². The standard InChI is InChI=1S/C10H8N2O2S/c13-10(14-9-6-7-15-12-9)11-8-4-2-1-3-5-8/h1-7H,(H,11,13). The minimum atomic E-state index is -0.535. The van der Waals surface area contributed by atoms with Gasteiger partial charge in [-0.25, -0.2) is 4.79 Å². The van der Waals surface area contributed by atoms with Crippen LogP contribution in [0.4, 0.5) is 10.5 Å². The first-order valence-corrected chi connectivity index (χ1v) is 5.12. The van der Waals surface area contributed by atoms with E-state index in [4.69, 9.17) is 4.74 Å². The molecule has 0 bridgehead atoms. The van der Waals surface area contributed by atoms with Gasteiger partial charge >= 0.3 is 6.09 Å². The van der Waals surface area contributed by atoms with Crippen molar-refractivity contribution in [3.05, 3.63) is 41.8 Å². The van der Waals surface area contributed by atoms with Gasteiger partial charge in [-0.05, 0) is 23.7 Å². The molecule has 0 atom stereocenters. The number of hydrogen-bond donors (Lipinski definition) is 1. The van der Waals surface area contributed by atoms with Crippen LogP contribution >= 0.6 is 11.5 Å². The Kier molecular flexibility index (Phi) is 2.94. The first kappa shape index (κ1) is 9.67. The third kappa shape index (κ3) is 2.78. The lowest BCUT2D eigenvalue weighted by Crippen LogP contribution is -2.16. The van der Waals surface area contributed by atoms with Crippen LogP contribution in [0.1, 0.15) is 0 Å². The van der Waals surface area contributed by atoms with E-state index in [9.17, 15) is 4.79 Å². The molecule has 0 aliphatic rings. The van der Waals surface area contributed by atoms with E-state index >= 15 is 0 Å². The summed E-state index contributed by atoms with van der Waals surface area (Å²) in [4.78, 5) is 11.3. The zero-order valence-electron chi connectivity index (χ0n) is 7.71. The minimum absolute atomic E-state index is 0.313. The van der Waals surface area contributed by atoms with Crippen LogP contribution in [0.5, 0.6) is 5.88 Å². The van der Waals surface area contributed by atoms with Gasteiger partial charge in [0.15, 0.2) is 0 Å². The Morgan fingerprint density at radius 1 is 1.27 bits per heavy atom. The molecule has 1 amide bonds. The van der Waals surface area contributed by atoms with Crippen molar-refractivity contribution in [3.63, 3.8) is 0 Å². The molecular formula is C10H8N2O2S. The number of para-hydroxylation sites is 1. The molecule has 0 aliphatic heterocycles. The zero-order chi connectivity index (χ0) is 10.5. The van der Waals surface area contributed by atoms with Crippen LogP contribution in [0.3, 0.4) is 0 Å². The van der Waals surface area contributed by atoms with Gasteiger partial charge in [-0.3, -0.25) is 5.32 Å². The Balaban J connectivity index is 1.94. The van der Waals surface area contributed by atoms with E-state index in [2.05, 4.69) is 9.69 Å². The molecular weight excluding hydrogens is 212 g/mol. The average Bonchev–Trinajstić information content (AvgIpc) is 2.71. The SMILES string of the molecule is O=C(Nc1ccccc1)Oc1ccsn1. The van der Waals surface area contributed by atoms with Crippen molar-refractivity contribution in [1.29, 1.82) is 0 Å². The highest BCUT2D eigenvalue weighted by Crippen LogP contribution is 2.11. The summed E-state index contributed by atoms with van der Waals surface area (Å²) in [6.07, 6.45) is -0.535. The van der Waals surface area contributed by atoms with Crippen LogP contribution in [0.2, 0.25) is 0 Å². The Labute approximate surface area is 90.7 Å². The maximum atomic E-state index is 11.3. The molecule has 1 heterocycles. The van der Waals surface area contributed by atoms with E-state index < -0.39 is 6.09 Å². The number of amides is 1. The number of aromatic nitrogens is 1. The van der Waals surface area contributed by atoms with E-state index in [1.807, 2.05) is 18.2 Å². The van der Waals surface area contributed by atoms with Crippen molar-refractivity contribution < 1.29 is 9.53 Å². The highest BCUT2D eigenvalue weighted by Gasteiger charge is 2.05. The Hall–Kier alpha value is -1.88. The number of hydrogen-bond acceptors (Lipinski definition) is 4. The lowest BCUT2D eigenvalue weighted by Gasteiger charge is -2.03. The number of carbonyl (C=O) groups excluding carboxylic acids is 1. The second kappa shape index (κ2) is 4.56. The van der Waals surface area contributed by atoms with Crippen LogP contribution < -0.4 is 10.1 Å². The Morgan fingerprint density at radius 2 is 2.07 bits per heavy atom. The molecule has 2 aromatic rings. The number of carbonyl (C=O) groups is 1. The Bertz CT molecular complexity index is 428. The highest BCUT2D eigenvalue weighted by molar-refractivity contribution is 7.03. The van der Waals surface area contributed by atoms with Crippen molar-refractivity contribution in [2.24, 2.45) is 0 Å². The maximum Gasteiger partial charge on any atom is 0.418 e. The van der Waals surface area contributed by atoms with Gasteiger partial charge in [-0.1, -0.05) is 18.2 Å². The average molecular weight is 220 g/mol. The molecule has 2 rings (SSSR count). The predicted octanol–water partition coefficient (Wildman–Crippen LogP) is 2.75. The van der Waals surface area contributed by atoms with Crippen LogP contribution in [0.25, 0.3) is 0 Å². The third-order valence-corrected chi connectivity index (χ3v) is 2.17. The lowest BCUT2D eigenvalue weighted by atomic mass is 10.3. The fourth-order valence-electron chi connectivity index (χ4n) is 1.01. The second-order valence-electron chi connectivity index (χ2n) is 2.72. The van der Waals surface area contributed by atoms with Crippen molar-refractivity contribution >= 4 is 23.3 Å². The number of benzene rings is 1. The Morgan fingerprint density at radius 3 is 2.73 bits per heavy atom. The molecule has 5 heteroatoms. The highest BCUT2D eigenvalue weighted by atomic mass is 32.1. The molecule has 1 aromatic carbocycles. The summed E-state index contributed by atoms with van der Waals surface area (Å²) >= 11 is 1.23. The molecule has 76 valence electrons. The normalized spacial score (nSPS) is 9.60. The van der Waals surface area contributed by atoms with Crippen LogP contribution in [-0.4, -0.2) is 10.5 Å². The summed E-state index contributed by atoms with van der Waals surface area (Å²) in [5.41, 5.74) is 0.692. The fourth-order valence-corrected chi connectivity index (χ4v) is 1.45.